The summed E-state index contributed by atoms with van der Waals surface area (Å²) in [5.41, 5.74) is -0.224. The number of ether oxygens (including phenoxy) is 2. The summed E-state index contributed by atoms with van der Waals surface area (Å²) in [6.45, 7) is 3.58. The van der Waals surface area contributed by atoms with Gasteiger partial charge in [-0.25, -0.2) is 0 Å². The molecule has 1 aromatic carbocycles. The van der Waals surface area contributed by atoms with Crippen LogP contribution in [0.2, 0.25) is 0 Å². The van der Waals surface area contributed by atoms with E-state index in [1.165, 1.54) is 7.11 Å². The summed E-state index contributed by atoms with van der Waals surface area (Å²) in [6, 6.07) is 4.98. The second kappa shape index (κ2) is 6.43. The molecule has 0 aromatic heterocycles. The number of carbonyl (C=O) groups is 1. The third-order valence-electron chi connectivity index (χ3n) is 3.20. The van der Waals surface area contributed by atoms with Crippen molar-refractivity contribution in [3.8, 4) is 11.5 Å². The lowest BCUT2D eigenvalue weighted by molar-refractivity contribution is 0.0844. The highest BCUT2D eigenvalue weighted by atomic mass is 16.5. The number of carbonyl (C=O) groups excluding carboxylic acids is 1. The molecule has 1 amide bonds. The van der Waals surface area contributed by atoms with E-state index in [0.717, 1.165) is 0 Å². The molecule has 1 rings (SSSR count). The highest BCUT2D eigenvalue weighted by Crippen LogP contribution is 2.25. The van der Waals surface area contributed by atoms with Gasteiger partial charge in [0.15, 0.2) is 0 Å². The third kappa shape index (κ3) is 3.61. The zero-order chi connectivity index (χ0) is 14.5. The van der Waals surface area contributed by atoms with Crippen molar-refractivity contribution >= 4 is 5.91 Å². The maximum absolute atomic E-state index is 12.2. The molecule has 0 fully saturated rings. The van der Waals surface area contributed by atoms with Gasteiger partial charge in [0, 0.05) is 6.07 Å². The number of aliphatic hydroxyl groups excluding tert-OH is 1. The lowest BCUT2D eigenvalue weighted by Crippen LogP contribution is -2.48. The van der Waals surface area contributed by atoms with Crippen molar-refractivity contribution in [3.05, 3.63) is 23.8 Å². The smallest absolute Gasteiger partial charge is 0.255 e. The van der Waals surface area contributed by atoms with Gasteiger partial charge in [0.2, 0.25) is 0 Å². The fourth-order valence-corrected chi connectivity index (χ4v) is 1.57. The molecule has 0 radical (unpaired) electrons. The molecule has 5 nitrogen and oxygen atoms in total. The minimum atomic E-state index is -0.637. The largest absolute Gasteiger partial charge is 0.497 e. The van der Waals surface area contributed by atoms with Gasteiger partial charge in [-0.3, -0.25) is 4.79 Å². The first-order valence-electron chi connectivity index (χ1n) is 6.15. The highest BCUT2D eigenvalue weighted by molar-refractivity contribution is 5.97. The molecule has 0 aliphatic carbocycles. The van der Waals surface area contributed by atoms with Gasteiger partial charge < -0.3 is 19.9 Å². The Labute approximate surface area is 113 Å². The standard InChI is InChI=1S/C14H21NO4/c1-5-14(2,9-16)15-13(17)11-7-6-10(18-3)8-12(11)19-4/h6-8,16H,5,9H2,1-4H3,(H,15,17). The van der Waals surface area contributed by atoms with E-state index < -0.39 is 5.54 Å². The molecule has 0 saturated heterocycles. The Morgan fingerprint density at radius 1 is 1.37 bits per heavy atom. The minimum absolute atomic E-state index is 0.117. The van der Waals surface area contributed by atoms with E-state index in [9.17, 15) is 9.90 Å². The Bertz CT molecular complexity index is 441. The first kappa shape index (κ1) is 15.3. The van der Waals surface area contributed by atoms with Crippen molar-refractivity contribution < 1.29 is 19.4 Å². The zero-order valence-electron chi connectivity index (χ0n) is 11.8. The first-order chi connectivity index (χ1) is 8.99. The molecule has 19 heavy (non-hydrogen) atoms. The summed E-state index contributed by atoms with van der Waals surface area (Å²) in [7, 11) is 3.05. The van der Waals surface area contributed by atoms with Gasteiger partial charge >= 0.3 is 0 Å². The zero-order valence-corrected chi connectivity index (χ0v) is 11.8. The van der Waals surface area contributed by atoms with Crippen molar-refractivity contribution in [2.24, 2.45) is 0 Å². The van der Waals surface area contributed by atoms with E-state index in [0.29, 0.717) is 23.5 Å². The number of amides is 1. The van der Waals surface area contributed by atoms with E-state index in [1.807, 2.05) is 6.92 Å². The van der Waals surface area contributed by atoms with Gasteiger partial charge in [-0.1, -0.05) is 6.92 Å². The molecule has 0 aliphatic heterocycles. The summed E-state index contributed by atoms with van der Waals surface area (Å²) in [5, 5.41) is 12.1. The van der Waals surface area contributed by atoms with Crippen LogP contribution in [0, 0.1) is 0 Å². The van der Waals surface area contributed by atoms with Crippen LogP contribution in [-0.4, -0.2) is 37.4 Å². The van der Waals surface area contributed by atoms with Gasteiger partial charge in [-0.15, -0.1) is 0 Å². The molecule has 0 bridgehead atoms. The average Bonchev–Trinajstić information content (AvgIpc) is 2.46. The summed E-state index contributed by atoms with van der Waals surface area (Å²) in [6.07, 6.45) is 0.633. The van der Waals surface area contributed by atoms with Gasteiger partial charge in [0.05, 0.1) is 31.9 Å². The fourth-order valence-electron chi connectivity index (χ4n) is 1.57. The molecule has 1 aromatic rings. The van der Waals surface area contributed by atoms with Crippen molar-refractivity contribution in [2.75, 3.05) is 20.8 Å². The Hall–Kier alpha value is -1.75. The number of aliphatic hydroxyl groups is 1. The van der Waals surface area contributed by atoms with Gasteiger partial charge in [0.25, 0.3) is 5.91 Å². The number of rotatable bonds is 6. The Morgan fingerprint density at radius 3 is 2.53 bits per heavy atom. The average molecular weight is 267 g/mol. The van der Waals surface area contributed by atoms with E-state index in [1.54, 1.807) is 32.2 Å². The molecule has 0 heterocycles. The van der Waals surface area contributed by atoms with Crippen LogP contribution in [0.3, 0.4) is 0 Å². The van der Waals surface area contributed by atoms with Crippen molar-refractivity contribution in [1.29, 1.82) is 0 Å². The van der Waals surface area contributed by atoms with Crippen molar-refractivity contribution in [2.45, 2.75) is 25.8 Å². The van der Waals surface area contributed by atoms with Crippen LogP contribution >= 0.6 is 0 Å². The molecular formula is C14H21NO4. The number of hydrogen-bond acceptors (Lipinski definition) is 4. The molecule has 5 heteroatoms. The van der Waals surface area contributed by atoms with Crippen LogP contribution < -0.4 is 14.8 Å². The van der Waals surface area contributed by atoms with E-state index in [-0.39, 0.29) is 12.5 Å². The third-order valence-corrected chi connectivity index (χ3v) is 3.20. The second-order valence-corrected chi connectivity index (χ2v) is 4.59. The number of hydrogen-bond donors (Lipinski definition) is 2. The number of benzene rings is 1. The summed E-state index contributed by atoms with van der Waals surface area (Å²) < 4.78 is 10.3. The van der Waals surface area contributed by atoms with Crippen LogP contribution in [0.15, 0.2) is 18.2 Å². The van der Waals surface area contributed by atoms with Crippen molar-refractivity contribution in [3.63, 3.8) is 0 Å². The first-order valence-corrected chi connectivity index (χ1v) is 6.15. The topological polar surface area (TPSA) is 67.8 Å². The molecule has 0 aliphatic rings. The minimum Gasteiger partial charge on any atom is -0.497 e. The molecule has 1 unspecified atom stereocenters. The lowest BCUT2D eigenvalue weighted by atomic mass is 9.99. The predicted octanol–water partition coefficient (Wildman–Crippen LogP) is 1.59. The SMILES string of the molecule is CCC(C)(CO)NC(=O)c1ccc(OC)cc1OC. The Morgan fingerprint density at radius 2 is 2.05 bits per heavy atom. The van der Waals surface area contributed by atoms with Crippen LogP contribution in [0.5, 0.6) is 11.5 Å². The van der Waals surface area contributed by atoms with E-state index >= 15 is 0 Å². The van der Waals surface area contributed by atoms with E-state index in [2.05, 4.69) is 5.32 Å². The second-order valence-electron chi connectivity index (χ2n) is 4.59. The Kier molecular flexibility index (Phi) is 5.18. The van der Waals surface area contributed by atoms with Crippen LogP contribution in [0.25, 0.3) is 0 Å². The van der Waals surface area contributed by atoms with Gasteiger partial charge in [0.1, 0.15) is 11.5 Å². The maximum Gasteiger partial charge on any atom is 0.255 e. The molecule has 2 N–H and O–H groups in total. The Balaban J connectivity index is 2.99. The molecule has 1 atom stereocenters. The summed E-state index contributed by atoms with van der Waals surface area (Å²) >= 11 is 0. The normalized spacial score (nSPS) is 13.5. The fraction of sp³-hybridized carbons (Fsp3) is 0.500. The monoisotopic (exact) mass is 267 g/mol. The predicted molar refractivity (Wildman–Crippen MR) is 72.8 cm³/mol. The van der Waals surface area contributed by atoms with Gasteiger partial charge in [-0.2, -0.15) is 0 Å². The summed E-state index contributed by atoms with van der Waals surface area (Å²) in [4.78, 5) is 12.2. The van der Waals surface area contributed by atoms with Crippen molar-refractivity contribution in [1.82, 2.24) is 5.32 Å². The molecule has 106 valence electrons. The highest BCUT2D eigenvalue weighted by Gasteiger charge is 2.25. The van der Waals surface area contributed by atoms with Gasteiger partial charge in [-0.05, 0) is 25.5 Å². The number of nitrogens with one attached hydrogen (secondary N) is 1. The quantitative estimate of drug-likeness (QED) is 0.821. The molecule has 0 spiro atoms. The van der Waals surface area contributed by atoms with Crippen LogP contribution in [-0.2, 0) is 0 Å². The summed E-state index contributed by atoms with van der Waals surface area (Å²) in [5.74, 6) is 0.778. The molecular weight excluding hydrogens is 246 g/mol. The maximum atomic E-state index is 12.2. The molecule has 0 saturated carbocycles. The van der Waals surface area contributed by atoms with E-state index in [4.69, 9.17) is 9.47 Å². The van der Waals surface area contributed by atoms with Crippen LogP contribution in [0.4, 0.5) is 0 Å². The lowest BCUT2D eigenvalue weighted by Gasteiger charge is -2.27. The number of methoxy groups -OCH3 is 2. The van der Waals surface area contributed by atoms with Crippen LogP contribution in [0.1, 0.15) is 30.6 Å².